The molecular weight excluding hydrogens is 521 g/mol. The molecule has 1 aliphatic carbocycles. The maximum absolute atomic E-state index is 15.3. The van der Waals surface area contributed by atoms with Gasteiger partial charge in [-0.1, -0.05) is 30.3 Å². The normalized spacial score (nSPS) is 23.7. The minimum atomic E-state index is -0.595. The summed E-state index contributed by atoms with van der Waals surface area (Å²) in [6.07, 6.45) is -1.30. The monoisotopic (exact) mass is 555 g/mol. The Morgan fingerprint density at radius 3 is 2.49 bits per heavy atom. The van der Waals surface area contributed by atoms with E-state index in [2.05, 4.69) is 5.32 Å². The van der Waals surface area contributed by atoms with Crippen molar-refractivity contribution in [1.29, 1.82) is 0 Å². The van der Waals surface area contributed by atoms with Gasteiger partial charge in [0.2, 0.25) is 0 Å². The van der Waals surface area contributed by atoms with E-state index in [0.29, 0.717) is 37.6 Å². The molecule has 39 heavy (non-hydrogen) atoms. The van der Waals surface area contributed by atoms with Crippen LogP contribution in [0.3, 0.4) is 0 Å². The molecule has 2 aliphatic heterocycles. The second-order valence-corrected chi connectivity index (χ2v) is 11.8. The summed E-state index contributed by atoms with van der Waals surface area (Å²) in [6, 6.07) is 14.7. The van der Waals surface area contributed by atoms with E-state index in [1.54, 1.807) is 12.1 Å². The number of thiocarbonyl (C=S) groups is 1. The number of nitrogens with zero attached hydrogens (tertiary/aromatic N) is 3. The van der Waals surface area contributed by atoms with Crippen LogP contribution in [0.2, 0.25) is 0 Å². The molecule has 1 unspecified atom stereocenters. The molecule has 3 fully saturated rings. The van der Waals surface area contributed by atoms with Crippen molar-refractivity contribution in [2.75, 3.05) is 36.0 Å². The number of benzene rings is 2. The van der Waals surface area contributed by atoms with Gasteiger partial charge in [0.25, 0.3) is 0 Å². The van der Waals surface area contributed by atoms with Gasteiger partial charge in [-0.05, 0) is 56.8 Å². The molecule has 5 rings (SSSR count). The van der Waals surface area contributed by atoms with Crippen LogP contribution in [0, 0.1) is 17.7 Å². The van der Waals surface area contributed by atoms with E-state index in [0.717, 1.165) is 5.56 Å². The van der Waals surface area contributed by atoms with E-state index in [4.69, 9.17) is 27.4 Å². The Morgan fingerprint density at radius 1 is 1.18 bits per heavy atom. The molecule has 2 aromatic rings. The summed E-state index contributed by atoms with van der Waals surface area (Å²) in [4.78, 5) is 30.7. The van der Waals surface area contributed by atoms with E-state index >= 15 is 4.39 Å². The molecule has 0 spiro atoms. The molecule has 1 saturated carbocycles. The highest BCUT2D eigenvalue weighted by molar-refractivity contribution is 7.80. The largest absolute Gasteiger partial charge is 0.444 e. The number of amides is 2. The maximum atomic E-state index is 15.3. The second-order valence-electron chi connectivity index (χ2n) is 11.3. The number of hydrogen-bond donors (Lipinski definition) is 2. The molecule has 2 amide bonds. The first kappa shape index (κ1) is 27.0. The Balaban J connectivity index is 1.24. The lowest BCUT2D eigenvalue weighted by molar-refractivity contribution is 0.0195. The van der Waals surface area contributed by atoms with Crippen LogP contribution >= 0.6 is 12.2 Å². The van der Waals surface area contributed by atoms with Crippen LogP contribution in [0.1, 0.15) is 26.3 Å². The van der Waals surface area contributed by atoms with Gasteiger partial charge in [0.1, 0.15) is 17.5 Å². The number of piperidine rings is 1. The Morgan fingerprint density at radius 2 is 1.87 bits per heavy atom. The van der Waals surface area contributed by atoms with Gasteiger partial charge in [0, 0.05) is 37.5 Å². The molecule has 11 heteroatoms. The first-order chi connectivity index (χ1) is 18.5. The highest BCUT2D eigenvalue weighted by atomic mass is 32.1. The number of ether oxygens (including phenoxy) is 2. The molecule has 3 aliphatic rings. The van der Waals surface area contributed by atoms with Gasteiger partial charge < -0.3 is 30.3 Å². The molecule has 2 aromatic carbocycles. The minimum absolute atomic E-state index is 0.0463. The lowest BCUT2D eigenvalue weighted by Gasteiger charge is -2.31. The first-order valence-electron chi connectivity index (χ1n) is 13.1. The summed E-state index contributed by atoms with van der Waals surface area (Å²) >= 11 is 4.79. The Kier molecular flexibility index (Phi) is 7.28. The fourth-order valence-corrected chi connectivity index (χ4v) is 5.60. The molecular formula is C28H34FN5O4S. The number of cyclic esters (lactones) is 1. The minimum Gasteiger partial charge on any atom is -0.444 e. The third kappa shape index (κ3) is 6.03. The van der Waals surface area contributed by atoms with Gasteiger partial charge in [0.15, 0.2) is 5.11 Å². The van der Waals surface area contributed by atoms with E-state index in [-0.39, 0.29) is 35.6 Å². The third-order valence-electron chi connectivity index (χ3n) is 7.29. The Labute approximate surface area is 233 Å². The summed E-state index contributed by atoms with van der Waals surface area (Å²) in [5.74, 6) is 0.0580. The number of anilines is 2. The molecule has 3 N–H and O–H groups in total. The van der Waals surface area contributed by atoms with Gasteiger partial charge in [-0.3, -0.25) is 4.90 Å². The lowest BCUT2D eigenvalue weighted by atomic mass is 10.2. The van der Waals surface area contributed by atoms with Crippen LogP contribution in [-0.2, 0) is 16.0 Å². The van der Waals surface area contributed by atoms with E-state index in [1.165, 1.54) is 11.0 Å². The van der Waals surface area contributed by atoms with Gasteiger partial charge >= 0.3 is 12.2 Å². The van der Waals surface area contributed by atoms with Crippen molar-refractivity contribution in [3.63, 3.8) is 0 Å². The number of fused-ring (bicyclic) bond motifs is 1. The number of hydrogen-bond acceptors (Lipinski definition) is 6. The fourth-order valence-electron chi connectivity index (χ4n) is 5.52. The average Bonchev–Trinajstić information content (AvgIpc) is 3.17. The van der Waals surface area contributed by atoms with Gasteiger partial charge in [-0.25, -0.2) is 14.0 Å². The van der Waals surface area contributed by atoms with E-state index in [9.17, 15) is 9.59 Å². The van der Waals surface area contributed by atoms with Crippen molar-refractivity contribution in [2.45, 2.75) is 45.1 Å². The van der Waals surface area contributed by atoms with Crippen molar-refractivity contribution < 1.29 is 23.5 Å². The molecule has 0 aromatic heterocycles. The predicted octanol–water partition coefficient (Wildman–Crippen LogP) is 3.86. The lowest BCUT2D eigenvalue weighted by Crippen LogP contribution is -2.41. The van der Waals surface area contributed by atoms with E-state index < -0.39 is 23.6 Å². The van der Waals surface area contributed by atoms with Crippen molar-refractivity contribution in [3.05, 3.63) is 59.9 Å². The Hall–Kier alpha value is -3.60. The summed E-state index contributed by atoms with van der Waals surface area (Å²) < 4.78 is 26.3. The van der Waals surface area contributed by atoms with Crippen molar-refractivity contribution >= 4 is 40.9 Å². The molecule has 9 nitrogen and oxygen atoms in total. The number of carbonyl (C=O) groups excluding carboxylic acids is 2. The summed E-state index contributed by atoms with van der Waals surface area (Å²) in [6.45, 7) is 7.89. The number of nitrogens with two attached hydrogens (primary N) is 1. The van der Waals surface area contributed by atoms with Crippen LogP contribution in [-0.4, -0.2) is 66.1 Å². The quantitative estimate of drug-likeness (QED) is 0.497. The fraction of sp³-hybridized carbons (Fsp3) is 0.464. The zero-order valence-corrected chi connectivity index (χ0v) is 23.1. The van der Waals surface area contributed by atoms with E-state index in [1.807, 2.05) is 60.9 Å². The number of nitrogens with one attached hydrogen (secondary N) is 1. The maximum Gasteiger partial charge on any atom is 0.414 e. The van der Waals surface area contributed by atoms with Crippen LogP contribution in [0.25, 0.3) is 0 Å². The van der Waals surface area contributed by atoms with Crippen LogP contribution < -0.4 is 20.9 Å². The van der Waals surface area contributed by atoms with Crippen LogP contribution in [0.5, 0.6) is 0 Å². The Bertz CT molecular complexity index is 1240. The van der Waals surface area contributed by atoms with Crippen molar-refractivity contribution in [3.8, 4) is 0 Å². The number of rotatable bonds is 7. The van der Waals surface area contributed by atoms with Gasteiger partial charge in [-0.2, -0.15) is 0 Å². The smallest absolute Gasteiger partial charge is 0.414 e. The molecule has 4 atom stereocenters. The standard InChI is InChI=1S/C28H34FN5O4S/c1-28(2,3)38-27(36)34(13-17-7-5-4-6-8-17)24-20-15-32(16-21(20)24)23-10-9-18(11-22(23)29)33-14-19(37-26(33)35)12-31-25(30)39/h4-11,19-21,24H,12-16H2,1-3H3,(H3,30,31,39)/t19-,20-,21+,24?/m0/s1. The summed E-state index contributed by atoms with van der Waals surface area (Å²) in [7, 11) is 0. The third-order valence-corrected chi connectivity index (χ3v) is 7.44. The molecule has 2 saturated heterocycles. The second kappa shape index (κ2) is 10.5. The number of carbonyl (C=O) groups is 2. The SMILES string of the molecule is CC(C)(C)OC(=O)N(Cc1ccccc1)C1[C@H]2CN(c3ccc(N4C[C@H](CNC(N)=S)OC4=O)cc3F)C[C@@H]12. The zero-order chi connectivity index (χ0) is 27.9. The molecule has 2 heterocycles. The molecule has 0 bridgehead atoms. The summed E-state index contributed by atoms with van der Waals surface area (Å²) in [5.41, 5.74) is 6.80. The predicted molar refractivity (Wildman–Crippen MR) is 150 cm³/mol. The highest BCUT2D eigenvalue weighted by Crippen LogP contribution is 2.51. The topological polar surface area (TPSA) is 100 Å². The van der Waals surface area contributed by atoms with Gasteiger partial charge in [0.05, 0.1) is 24.5 Å². The van der Waals surface area contributed by atoms with Gasteiger partial charge in [-0.15, -0.1) is 0 Å². The number of halogens is 1. The molecule has 208 valence electrons. The van der Waals surface area contributed by atoms with Crippen LogP contribution in [0.4, 0.5) is 25.4 Å². The zero-order valence-electron chi connectivity index (χ0n) is 22.3. The van der Waals surface area contributed by atoms with Crippen LogP contribution in [0.15, 0.2) is 48.5 Å². The van der Waals surface area contributed by atoms with Crippen molar-refractivity contribution in [2.24, 2.45) is 17.6 Å². The molecule has 0 radical (unpaired) electrons. The average molecular weight is 556 g/mol. The van der Waals surface area contributed by atoms with Crippen molar-refractivity contribution in [1.82, 2.24) is 10.2 Å². The summed E-state index contributed by atoms with van der Waals surface area (Å²) in [5, 5.41) is 2.91. The first-order valence-corrected chi connectivity index (χ1v) is 13.5. The highest BCUT2D eigenvalue weighted by Gasteiger charge is 2.60.